The summed E-state index contributed by atoms with van der Waals surface area (Å²) in [5.41, 5.74) is 0.973. The van der Waals surface area contributed by atoms with Gasteiger partial charge in [-0.3, -0.25) is 14.4 Å². The zero-order valence-electron chi connectivity index (χ0n) is 18.7. The van der Waals surface area contributed by atoms with Crippen LogP contribution in [0, 0.1) is 5.92 Å². The number of carbonyl (C=O) groups excluding carboxylic acids is 3. The van der Waals surface area contributed by atoms with Crippen LogP contribution in [0.5, 0.6) is 5.75 Å². The van der Waals surface area contributed by atoms with Crippen molar-refractivity contribution < 1.29 is 23.9 Å². The fraction of sp³-hybridized carbons (Fsp3) is 0.250. The number of hydrogen-bond acceptors (Lipinski definition) is 8. The van der Waals surface area contributed by atoms with Crippen molar-refractivity contribution in [1.82, 2.24) is 4.98 Å². The molecule has 3 aromatic rings. The number of aromatic amines is 1. The van der Waals surface area contributed by atoms with Gasteiger partial charge in [-0.15, -0.1) is 0 Å². The molecule has 0 spiro atoms. The lowest BCUT2D eigenvalue weighted by molar-refractivity contribution is -0.145. The van der Waals surface area contributed by atoms with Gasteiger partial charge in [-0.2, -0.15) is 0 Å². The Morgan fingerprint density at radius 3 is 2.61 bits per heavy atom. The van der Waals surface area contributed by atoms with Gasteiger partial charge in [0, 0.05) is 25.9 Å². The molecule has 0 saturated carbocycles. The lowest BCUT2D eigenvalue weighted by atomic mass is 9.82. The van der Waals surface area contributed by atoms with Crippen molar-refractivity contribution in [3.8, 4) is 5.75 Å². The van der Waals surface area contributed by atoms with Crippen molar-refractivity contribution in [2.24, 2.45) is 5.92 Å². The number of thioether (sulfide) groups is 1. The van der Waals surface area contributed by atoms with Crippen LogP contribution in [0.4, 0.5) is 5.69 Å². The second-order valence-electron chi connectivity index (χ2n) is 8.01. The molecule has 5 rings (SSSR count). The minimum atomic E-state index is -0.812. The number of nitrogens with zero attached hydrogens (tertiary/aromatic N) is 1. The number of carbonyl (C=O) groups is 3. The first-order chi connectivity index (χ1) is 17.3. The van der Waals surface area contributed by atoms with E-state index in [0.717, 1.165) is 15.8 Å². The van der Waals surface area contributed by atoms with Crippen LogP contribution in [0.3, 0.4) is 0 Å². The Hall–Kier alpha value is -2.60. The number of thiazole rings is 1. The summed E-state index contributed by atoms with van der Waals surface area (Å²) in [6.45, 7) is 1.56. The molecule has 0 radical (unpaired) electrons. The van der Waals surface area contributed by atoms with Crippen LogP contribution in [0.25, 0.3) is 0 Å². The van der Waals surface area contributed by atoms with Gasteiger partial charge in [0.25, 0.3) is 0 Å². The summed E-state index contributed by atoms with van der Waals surface area (Å²) in [6, 6.07) is 11.8. The van der Waals surface area contributed by atoms with Crippen LogP contribution >= 0.6 is 50.6 Å². The van der Waals surface area contributed by atoms with Gasteiger partial charge in [0.05, 0.1) is 23.2 Å². The number of H-pyrrole nitrogens is 1. The fourth-order valence-electron chi connectivity index (χ4n) is 4.43. The van der Waals surface area contributed by atoms with Gasteiger partial charge in [-0.1, -0.05) is 50.6 Å². The number of nitrogens with one attached hydrogen (secondary N) is 1. The molecule has 0 aliphatic carbocycles. The molecule has 2 aliphatic heterocycles. The Kier molecular flexibility index (Phi) is 6.99. The minimum absolute atomic E-state index is 0.211. The third kappa shape index (κ3) is 4.49. The van der Waals surface area contributed by atoms with Gasteiger partial charge in [0.2, 0.25) is 11.8 Å². The Bertz CT molecular complexity index is 1420. The largest absolute Gasteiger partial charge is 0.482 e. The van der Waals surface area contributed by atoms with Crippen LogP contribution in [0.1, 0.15) is 23.3 Å². The maximum atomic E-state index is 13.8. The van der Waals surface area contributed by atoms with Crippen LogP contribution in [0.2, 0.25) is 5.02 Å². The molecule has 2 aliphatic rings. The summed E-state index contributed by atoms with van der Waals surface area (Å²) in [7, 11) is 0. The first-order valence-electron chi connectivity index (χ1n) is 10.9. The quantitative estimate of drug-likeness (QED) is 0.322. The number of hydrogen-bond donors (Lipinski definition) is 1. The predicted octanol–water partition coefficient (Wildman–Crippen LogP) is 4.59. The first-order valence-corrected chi connectivity index (χ1v) is 13.8. The highest BCUT2D eigenvalue weighted by atomic mass is 79.9. The highest BCUT2D eigenvalue weighted by molar-refractivity contribution is 9.10. The average Bonchev–Trinajstić information content (AvgIpc) is 3.33. The Morgan fingerprint density at radius 2 is 1.89 bits per heavy atom. The number of aromatic nitrogens is 1. The molecule has 8 nitrogen and oxygen atoms in total. The predicted molar refractivity (Wildman–Crippen MR) is 140 cm³/mol. The SMILES string of the molecule is CCOC(=O)COc1ccc(Cl)cc1[C@H]1c2sc(=O)[nH]c2SC2C(=O)N(c3ccc(Br)cc3)C(=O)C21. The Morgan fingerprint density at radius 1 is 1.14 bits per heavy atom. The zero-order chi connectivity index (χ0) is 25.6. The maximum absolute atomic E-state index is 13.8. The number of amides is 2. The molecular weight excluding hydrogens is 592 g/mol. The zero-order valence-corrected chi connectivity index (χ0v) is 22.6. The molecule has 2 aromatic carbocycles. The molecule has 3 heterocycles. The topological polar surface area (TPSA) is 106 Å². The molecule has 186 valence electrons. The molecule has 2 unspecified atom stereocenters. The van der Waals surface area contributed by atoms with Gasteiger partial charge in [0.15, 0.2) is 6.61 Å². The normalized spacial score (nSPS) is 20.8. The average molecular weight is 610 g/mol. The summed E-state index contributed by atoms with van der Waals surface area (Å²) in [5, 5.41) is 0.154. The van der Waals surface area contributed by atoms with E-state index in [9.17, 15) is 19.2 Å². The Labute approximate surface area is 227 Å². The van der Waals surface area contributed by atoms with Crippen LogP contribution in [-0.4, -0.2) is 41.2 Å². The summed E-state index contributed by atoms with van der Waals surface area (Å²) >= 11 is 11.9. The minimum Gasteiger partial charge on any atom is -0.482 e. The standard InChI is InChI=1S/C24H18BrClN2O6S2/c1-2-33-16(29)10-34-15-8-5-12(26)9-14(15)17-18-20(35-21-19(17)36-24(32)27-21)23(31)28(22(18)30)13-6-3-11(25)4-7-13/h3-9,17-18,20H,2,10H2,1H3,(H,27,32)/t17-,18?,20?/m1/s1. The van der Waals surface area contributed by atoms with Crippen molar-refractivity contribution in [2.75, 3.05) is 18.1 Å². The van der Waals surface area contributed by atoms with Crippen molar-refractivity contribution in [3.05, 3.63) is 72.1 Å². The number of anilines is 1. The van der Waals surface area contributed by atoms with Gasteiger partial charge in [0.1, 0.15) is 11.0 Å². The van der Waals surface area contributed by atoms with E-state index in [1.165, 1.54) is 16.7 Å². The van der Waals surface area contributed by atoms with Crippen molar-refractivity contribution in [1.29, 1.82) is 0 Å². The van der Waals surface area contributed by atoms with Crippen molar-refractivity contribution >= 4 is 74.1 Å². The van der Waals surface area contributed by atoms with E-state index in [4.69, 9.17) is 21.1 Å². The molecule has 1 aromatic heterocycles. The van der Waals surface area contributed by atoms with E-state index in [1.54, 1.807) is 49.4 Å². The van der Waals surface area contributed by atoms with Crippen molar-refractivity contribution in [2.45, 2.75) is 23.1 Å². The summed E-state index contributed by atoms with van der Waals surface area (Å²) in [4.78, 5) is 55.9. The molecule has 0 bridgehead atoms. The van der Waals surface area contributed by atoms with E-state index in [2.05, 4.69) is 20.9 Å². The Balaban J connectivity index is 1.61. The highest BCUT2D eigenvalue weighted by Gasteiger charge is 2.56. The molecule has 1 N–H and O–H groups in total. The summed E-state index contributed by atoms with van der Waals surface area (Å²) in [5.74, 6) is -2.48. The molecule has 36 heavy (non-hydrogen) atoms. The van der Waals surface area contributed by atoms with E-state index < -0.39 is 23.1 Å². The third-order valence-electron chi connectivity index (χ3n) is 5.87. The number of halogens is 2. The molecular formula is C24H18BrClN2O6S2. The maximum Gasteiger partial charge on any atom is 0.344 e. The highest BCUT2D eigenvalue weighted by Crippen LogP contribution is 2.54. The lowest BCUT2D eigenvalue weighted by Crippen LogP contribution is -2.32. The van der Waals surface area contributed by atoms with Gasteiger partial charge in [-0.05, 0) is 49.4 Å². The van der Waals surface area contributed by atoms with Gasteiger partial charge < -0.3 is 14.5 Å². The van der Waals surface area contributed by atoms with E-state index in [0.29, 0.717) is 31.9 Å². The van der Waals surface area contributed by atoms with Gasteiger partial charge >= 0.3 is 10.8 Å². The van der Waals surface area contributed by atoms with E-state index >= 15 is 0 Å². The number of benzene rings is 2. The van der Waals surface area contributed by atoms with Crippen molar-refractivity contribution in [3.63, 3.8) is 0 Å². The molecule has 1 fully saturated rings. The third-order valence-corrected chi connectivity index (χ3v) is 9.03. The number of esters is 1. The van der Waals surface area contributed by atoms with Gasteiger partial charge in [-0.25, -0.2) is 9.69 Å². The molecule has 1 saturated heterocycles. The second-order valence-corrected chi connectivity index (χ2v) is 11.5. The van der Waals surface area contributed by atoms with Crippen LogP contribution in [-0.2, 0) is 19.1 Å². The number of fused-ring (bicyclic) bond motifs is 2. The molecule has 12 heteroatoms. The van der Waals surface area contributed by atoms with E-state index in [1.807, 2.05) is 0 Å². The summed E-state index contributed by atoms with van der Waals surface area (Å²) < 4.78 is 11.6. The van der Waals surface area contributed by atoms with E-state index in [-0.39, 0.29) is 29.9 Å². The monoisotopic (exact) mass is 608 g/mol. The number of ether oxygens (including phenoxy) is 2. The fourth-order valence-corrected chi connectivity index (χ4v) is 7.38. The molecule has 2 amide bonds. The summed E-state index contributed by atoms with van der Waals surface area (Å²) in [6.07, 6.45) is 0. The van der Waals surface area contributed by atoms with Crippen LogP contribution < -0.4 is 14.5 Å². The second kappa shape index (κ2) is 10.0. The first kappa shape index (κ1) is 25.1. The smallest absolute Gasteiger partial charge is 0.344 e. The van der Waals surface area contributed by atoms with Crippen LogP contribution in [0.15, 0.2) is 56.8 Å². The number of rotatable bonds is 6. The number of imide groups is 1. The molecule has 3 atom stereocenters. The lowest BCUT2D eigenvalue weighted by Gasteiger charge is -2.31.